The van der Waals surface area contributed by atoms with Gasteiger partial charge in [-0.3, -0.25) is 0 Å². The smallest absolute Gasteiger partial charge is 0.0637 e. The number of fused-ring (bicyclic) bond motifs is 1. The minimum Gasteiger partial charge on any atom is -0.392 e. The summed E-state index contributed by atoms with van der Waals surface area (Å²) in [7, 11) is 0. The van der Waals surface area contributed by atoms with Crippen LogP contribution in [0, 0.1) is 11.8 Å². The molecule has 2 aliphatic carbocycles. The summed E-state index contributed by atoms with van der Waals surface area (Å²) in [5.41, 5.74) is 1.47. The van der Waals surface area contributed by atoms with Crippen LogP contribution >= 0.6 is 11.3 Å². The Kier molecular flexibility index (Phi) is 4.28. The van der Waals surface area contributed by atoms with Crippen LogP contribution < -0.4 is 0 Å². The molecule has 106 valence electrons. The maximum atomic E-state index is 10.9. The van der Waals surface area contributed by atoms with Gasteiger partial charge in [0.25, 0.3) is 0 Å². The minimum atomic E-state index is -0.0944. The quantitative estimate of drug-likeness (QED) is 0.846. The Morgan fingerprint density at radius 2 is 2.21 bits per heavy atom. The average Bonchev–Trinajstić information content (AvgIpc) is 2.95. The molecule has 4 atom stereocenters. The third kappa shape index (κ3) is 2.75. The fraction of sp³-hybridized carbons (Fsp3) is 0.765. The lowest BCUT2D eigenvalue weighted by Crippen LogP contribution is -2.33. The van der Waals surface area contributed by atoms with E-state index in [-0.39, 0.29) is 6.10 Å². The standard InChI is InChI=1S/C17H26OS/c1-2-12-5-3-6-13(11-12)17(18)15-7-4-8-16-14(15)9-10-19-16/h9-10,12-13,15,17-18H,2-8,11H2,1H3. The Morgan fingerprint density at radius 1 is 1.32 bits per heavy atom. The summed E-state index contributed by atoms with van der Waals surface area (Å²) in [6, 6.07) is 2.27. The first-order valence-electron chi connectivity index (χ1n) is 8.04. The molecule has 3 rings (SSSR count). The van der Waals surface area contributed by atoms with E-state index in [0.717, 1.165) is 5.92 Å². The van der Waals surface area contributed by atoms with Gasteiger partial charge in [0.2, 0.25) is 0 Å². The molecule has 0 aliphatic heterocycles. The second-order valence-electron chi connectivity index (χ2n) is 6.49. The van der Waals surface area contributed by atoms with Gasteiger partial charge in [0.1, 0.15) is 0 Å². The highest BCUT2D eigenvalue weighted by atomic mass is 32.1. The van der Waals surface area contributed by atoms with Gasteiger partial charge in [0.15, 0.2) is 0 Å². The normalized spacial score (nSPS) is 32.8. The second kappa shape index (κ2) is 5.97. The van der Waals surface area contributed by atoms with E-state index >= 15 is 0 Å². The van der Waals surface area contributed by atoms with E-state index in [1.807, 2.05) is 11.3 Å². The first-order chi connectivity index (χ1) is 9.29. The highest BCUT2D eigenvalue weighted by Crippen LogP contribution is 2.43. The SMILES string of the molecule is CCC1CCCC(C(O)C2CCCc3sccc32)C1. The third-order valence-electron chi connectivity index (χ3n) is 5.39. The van der Waals surface area contributed by atoms with Gasteiger partial charge in [-0.15, -0.1) is 11.3 Å². The summed E-state index contributed by atoms with van der Waals surface area (Å²) < 4.78 is 0. The molecule has 1 nitrogen and oxygen atoms in total. The van der Waals surface area contributed by atoms with E-state index in [0.29, 0.717) is 11.8 Å². The van der Waals surface area contributed by atoms with Crippen molar-refractivity contribution in [1.82, 2.24) is 0 Å². The van der Waals surface area contributed by atoms with Gasteiger partial charge >= 0.3 is 0 Å². The van der Waals surface area contributed by atoms with Crippen LogP contribution in [0.15, 0.2) is 11.4 Å². The zero-order valence-corrected chi connectivity index (χ0v) is 12.8. The van der Waals surface area contributed by atoms with Crippen molar-refractivity contribution in [2.45, 2.75) is 70.3 Å². The lowest BCUT2D eigenvalue weighted by Gasteiger charge is -2.37. The van der Waals surface area contributed by atoms with Crippen molar-refractivity contribution in [1.29, 1.82) is 0 Å². The molecule has 0 saturated heterocycles. The van der Waals surface area contributed by atoms with E-state index in [4.69, 9.17) is 0 Å². The van der Waals surface area contributed by atoms with Crippen molar-refractivity contribution in [3.05, 3.63) is 21.9 Å². The number of thiophene rings is 1. The summed E-state index contributed by atoms with van der Waals surface area (Å²) in [5, 5.41) is 13.1. The van der Waals surface area contributed by atoms with Crippen LogP contribution in [0.3, 0.4) is 0 Å². The highest BCUT2D eigenvalue weighted by molar-refractivity contribution is 7.10. The van der Waals surface area contributed by atoms with Crippen LogP contribution in [-0.2, 0) is 6.42 Å². The van der Waals surface area contributed by atoms with E-state index < -0.39 is 0 Å². The van der Waals surface area contributed by atoms with Gasteiger partial charge in [0, 0.05) is 10.8 Å². The molecule has 1 fully saturated rings. The molecule has 0 bridgehead atoms. The van der Waals surface area contributed by atoms with Crippen molar-refractivity contribution < 1.29 is 5.11 Å². The zero-order valence-electron chi connectivity index (χ0n) is 12.0. The van der Waals surface area contributed by atoms with Gasteiger partial charge in [-0.2, -0.15) is 0 Å². The monoisotopic (exact) mass is 278 g/mol. The number of aryl methyl sites for hydroxylation is 1. The van der Waals surface area contributed by atoms with Crippen LogP contribution in [0.4, 0.5) is 0 Å². The average molecular weight is 278 g/mol. The van der Waals surface area contributed by atoms with E-state index in [1.165, 1.54) is 61.8 Å². The first kappa shape index (κ1) is 13.6. The molecule has 0 radical (unpaired) electrons. The maximum absolute atomic E-state index is 10.9. The molecule has 19 heavy (non-hydrogen) atoms. The molecule has 2 heteroatoms. The number of hydrogen-bond acceptors (Lipinski definition) is 2. The molecule has 0 amide bonds. The number of hydrogen-bond donors (Lipinski definition) is 1. The lowest BCUT2D eigenvalue weighted by atomic mass is 9.71. The molecular formula is C17H26OS. The first-order valence-corrected chi connectivity index (χ1v) is 8.92. The second-order valence-corrected chi connectivity index (χ2v) is 7.49. The molecule has 4 unspecified atom stereocenters. The van der Waals surface area contributed by atoms with Gasteiger partial charge in [-0.05, 0) is 60.9 Å². The van der Waals surface area contributed by atoms with Crippen LogP contribution in [-0.4, -0.2) is 11.2 Å². The van der Waals surface area contributed by atoms with Crippen LogP contribution in [0.5, 0.6) is 0 Å². The Bertz CT molecular complexity index is 411. The Hall–Kier alpha value is -0.340. The number of aliphatic hydroxyl groups excluding tert-OH is 1. The summed E-state index contributed by atoms with van der Waals surface area (Å²) in [6.45, 7) is 2.30. The van der Waals surface area contributed by atoms with Crippen molar-refractivity contribution in [3.63, 3.8) is 0 Å². The van der Waals surface area contributed by atoms with Crippen molar-refractivity contribution in [2.75, 3.05) is 0 Å². The van der Waals surface area contributed by atoms with E-state index in [2.05, 4.69) is 18.4 Å². The Balaban J connectivity index is 1.72. The molecule has 2 aliphatic rings. The van der Waals surface area contributed by atoms with Crippen molar-refractivity contribution in [2.24, 2.45) is 11.8 Å². The Morgan fingerprint density at radius 3 is 3.05 bits per heavy atom. The molecular weight excluding hydrogens is 252 g/mol. The third-order valence-corrected chi connectivity index (χ3v) is 6.39. The van der Waals surface area contributed by atoms with Crippen LogP contribution in [0.1, 0.15) is 68.2 Å². The van der Waals surface area contributed by atoms with Gasteiger partial charge in [-0.1, -0.05) is 26.2 Å². The summed E-state index contributed by atoms with van der Waals surface area (Å²) in [4.78, 5) is 1.54. The fourth-order valence-corrected chi connectivity index (χ4v) is 5.22. The number of aliphatic hydroxyl groups is 1. The molecule has 1 aromatic heterocycles. The zero-order chi connectivity index (χ0) is 13.2. The fourth-order valence-electron chi connectivity index (χ4n) is 4.22. The molecule has 1 heterocycles. The van der Waals surface area contributed by atoms with Crippen molar-refractivity contribution >= 4 is 11.3 Å². The van der Waals surface area contributed by atoms with Crippen LogP contribution in [0.2, 0.25) is 0 Å². The topological polar surface area (TPSA) is 20.2 Å². The maximum Gasteiger partial charge on any atom is 0.0637 e. The van der Waals surface area contributed by atoms with Crippen molar-refractivity contribution in [3.8, 4) is 0 Å². The Labute approximate surface area is 121 Å². The predicted octanol–water partition coefficient (Wildman–Crippen LogP) is 4.75. The molecule has 0 aromatic carbocycles. The van der Waals surface area contributed by atoms with E-state index in [9.17, 15) is 5.11 Å². The molecule has 1 aromatic rings. The molecule has 1 saturated carbocycles. The summed E-state index contributed by atoms with van der Waals surface area (Å²) >= 11 is 1.89. The van der Waals surface area contributed by atoms with Gasteiger partial charge < -0.3 is 5.11 Å². The summed E-state index contributed by atoms with van der Waals surface area (Å²) in [6.07, 6.45) is 10.1. The van der Waals surface area contributed by atoms with E-state index in [1.54, 1.807) is 0 Å². The largest absolute Gasteiger partial charge is 0.392 e. The lowest BCUT2D eigenvalue weighted by molar-refractivity contribution is 0.0419. The minimum absolute atomic E-state index is 0.0944. The van der Waals surface area contributed by atoms with Gasteiger partial charge in [-0.25, -0.2) is 0 Å². The highest BCUT2D eigenvalue weighted by Gasteiger charge is 2.34. The van der Waals surface area contributed by atoms with Crippen LogP contribution in [0.25, 0.3) is 0 Å². The molecule has 1 N–H and O–H groups in total. The summed E-state index contributed by atoms with van der Waals surface area (Å²) in [5.74, 6) is 1.84. The molecule has 0 spiro atoms. The number of rotatable bonds is 3. The predicted molar refractivity (Wildman–Crippen MR) is 81.7 cm³/mol. The van der Waals surface area contributed by atoms with Gasteiger partial charge in [0.05, 0.1) is 6.10 Å².